The van der Waals surface area contributed by atoms with Crippen LogP contribution >= 0.6 is 0 Å². The molecule has 26 heavy (non-hydrogen) atoms. The number of aliphatic hydroxyl groups excluding tert-OH is 1. The van der Waals surface area contributed by atoms with Gasteiger partial charge in [-0.2, -0.15) is 0 Å². The van der Waals surface area contributed by atoms with E-state index in [9.17, 15) is 9.90 Å². The highest BCUT2D eigenvalue weighted by Crippen LogP contribution is 2.29. The number of hydrogen-bond donors (Lipinski definition) is 1. The summed E-state index contributed by atoms with van der Waals surface area (Å²) in [5.41, 5.74) is 2.47. The van der Waals surface area contributed by atoms with Crippen LogP contribution in [0.25, 0.3) is 5.69 Å². The number of nitrogens with zero attached hydrogens (tertiary/aromatic N) is 5. The van der Waals surface area contributed by atoms with E-state index in [0.717, 1.165) is 30.8 Å². The van der Waals surface area contributed by atoms with E-state index >= 15 is 0 Å². The van der Waals surface area contributed by atoms with Crippen LogP contribution in [0.1, 0.15) is 41.4 Å². The van der Waals surface area contributed by atoms with Crippen LogP contribution in [-0.4, -0.2) is 69.1 Å². The molecule has 1 amide bonds. The van der Waals surface area contributed by atoms with Gasteiger partial charge in [0.1, 0.15) is 5.69 Å². The lowest BCUT2D eigenvalue weighted by Gasteiger charge is -2.17. The number of carbonyl (C=O) groups is 1. The number of aromatic nitrogens is 3. The monoisotopic (exact) mass is 355 g/mol. The van der Waals surface area contributed by atoms with E-state index in [1.807, 2.05) is 35.4 Å². The van der Waals surface area contributed by atoms with Crippen LogP contribution in [0.2, 0.25) is 0 Å². The van der Waals surface area contributed by atoms with Crippen molar-refractivity contribution in [3.63, 3.8) is 0 Å². The fourth-order valence-electron chi connectivity index (χ4n) is 3.97. The highest BCUT2D eigenvalue weighted by Gasteiger charge is 2.27. The number of carbonyl (C=O) groups excluding carboxylic acids is 1. The number of benzene rings is 1. The van der Waals surface area contributed by atoms with E-state index in [0.29, 0.717) is 24.7 Å². The summed E-state index contributed by atoms with van der Waals surface area (Å²) in [7, 11) is 2.12. The first-order valence-corrected chi connectivity index (χ1v) is 9.29. The third kappa shape index (κ3) is 3.24. The zero-order valence-corrected chi connectivity index (χ0v) is 15.1. The molecule has 3 heterocycles. The Morgan fingerprint density at radius 3 is 2.92 bits per heavy atom. The van der Waals surface area contributed by atoms with E-state index in [1.54, 1.807) is 4.68 Å². The smallest absolute Gasteiger partial charge is 0.253 e. The Balaban J connectivity index is 1.53. The Kier molecular flexibility index (Phi) is 4.74. The molecule has 7 nitrogen and oxygen atoms in total. The second-order valence-corrected chi connectivity index (χ2v) is 7.37. The van der Waals surface area contributed by atoms with E-state index in [1.165, 1.54) is 6.42 Å². The first-order valence-electron chi connectivity index (χ1n) is 9.29. The minimum absolute atomic E-state index is 0.0127. The van der Waals surface area contributed by atoms with Crippen LogP contribution in [0.5, 0.6) is 0 Å². The van der Waals surface area contributed by atoms with Crippen molar-refractivity contribution in [2.24, 2.45) is 5.92 Å². The predicted molar refractivity (Wildman–Crippen MR) is 97.1 cm³/mol. The van der Waals surface area contributed by atoms with Gasteiger partial charge in [0.05, 0.1) is 17.9 Å². The van der Waals surface area contributed by atoms with Gasteiger partial charge >= 0.3 is 0 Å². The number of aliphatic hydroxyl groups is 1. The van der Waals surface area contributed by atoms with Gasteiger partial charge in [-0.15, -0.1) is 5.10 Å². The molecule has 0 aliphatic carbocycles. The van der Waals surface area contributed by atoms with Crippen LogP contribution in [-0.2, 0) is 0 Å². The summed E-state index contributed by atoms with van der Waals surface area (Å²) in [6.07, 6.45) is 5.12. The molecule has 2 saturated heterocycles. The maximum absolute atomic E-state index is 12.7. The summed E-state index contributed by atoms with van der Waals surface area (Å²) in [5.74, 6) is 0.210. The molecule has 138 valence electrons. The number of likely N-dealkylation sites (tertiary alicyclic amines) is 2. The summed E-state index contributed by atoms with van der Waals surface area (Å²) < 4.78 is 1.75. The zero-order valence-electron chi connectivity index (χ0n) is 15.1. The molecule has 2 aliphatic heterocycles. The second-order valence-electron chi connectivity index (χ2n) is 7.37. The topological polar surface area (TPSA) is 74.5 Å². The minimum Gasteiger partial charge on any atom is -0.396 e. The molecule has 1 N–H and O–H groups in total. The Hall–Kier alpha value is -2.25. The Morgan fingerprint density at radius 1 is 1.31 bits per heavy atom. The average molecular weight is 355 g/mol. The summed E-state index contributed by atoms with van der Waals surface area (Å²) >= 11 is 0. The van der Waals surface area contributed by atoms with Crippen molar-refractivity contribution in [1.29, 1.82) is 0 Å². The van der Waals surface area contributed by atoms with Gasteiger partial charge in [-0.1, -0.05) is 11.3 Å². The minimum atomic E-state index is 0.0127. The van der Waals surface area contributed by atoms with Crippen molar-refractivity contribution in [3.8, 4) is 5.69 Å². The van der Waals surface area contributed by atoms with E-state index in [2.05, 4.69) is 22.3 Å². The highest BCUT2D eigenvalue weighted by molar-refractivity contribution is 5.94. The quantitative estimate of drug-likeness (QED) is 0.899. The molecule has 1 aromatic heterocycles. The molecule has 2 aromatic rings. The lowest BCUT2D eigenvalue weighted by molar-refractivity contribution is 0.0782. The lowest BCUT2D eigenvalue weighted by Crippen LogP contribution is -2.29. The fraction of sp³-hybridized carbons (Fsp3) is 0.526. The van der Waals surface area contributed by atoms with Crippen molar-refractivity contribution in [1.82, 2.24) is 24.8 Å². The van der Waals surface area contributed by atoms with Crippen molar-refractivity contribution in [2.75, 3.05) is 33.3 Å². The van der Waals surface area contributed by atoms with Gasteiger partial charge in [0, 0.05) is 31.2 Å². The Labute approximate surface area is 153 Å². The van der Waals surface area contributed by atoms with Gasteiger partial charge < -0.3 is 10.0 Å². The maximum Gasteiger partial charge on any atom is 0.253 e. The molecule has 0 radical (unpaired) electrons. The van der Waals surface area contributed by atoms with Crippen molar-refractivity contribution >= 4 is 5.91 Å². The fourth-order valence-corrected chi connectivity index (χ4v) is 3.97. The highest BCUT2D eigenvalue weighted by atomic mass is 16.3. The molecule has 0 bridgehead atoms. The molecule has 1 aromatic carbocycles. The molecule has 4 rings (SSSR count). The first-order chi connectivity index (χ1) is 12.7. The van der Waals surface area contributed by atoms with Gasteiger partial charge in [-0.3, -0.25) is 9.69 Å². The molecule has 2 fully saturated rings. The van der Waals surface area contributed by atoms with Gasteiger partial charge in [0.15, 0.2) is 0 Å². The number of hydrogen-bond acceptors (Lipinski definition) is 5. The largest absolute Gasteiger partial charge is 0.396 e. The van der Waals surface area contributed by atoms with Gasteiger partial charge in [-0.05, 0) is 51.1 Å². The maximum atomic E-state index is 12.7. The Bertz CT molecular complexity index is 790. The lowest BCUT2D eigenvalue weighted by atomic mass is 10.1. The van der Waals surface area contributed by atoms with Crippen LogP contribution in [0, 0.1) is 5.92 Å². The molecule has 0 saturated carbocycles. The molecular formula is C19H25N5O2. The van der Waals surface area contributed by atoms with Crippen molar-refractivity contribution < 1.29 is 9.90 Å². The third-order valence-corrected chi connectivity index (χ3v) is 5.56. The van der Waals surface area contributed by atoms with E-state index < -0.39 is 0 Å². The van der Waals surface area contributed by atoms with Crippen molar-refractivity contribution in [2.45, 2.75) is 25.3 Å². The zero-order chi connectivity index (χ0) is 18.1. The molecule has 7 heteroatoms. The number of amides is 1. The molecule has 2 aliphatic rings. The molecular weight excluding hydrogens is 330 g/mol. The SMILES string of the molecule is CN1CCCC1c1cn(-c2cccc(C(=O)N3CCC(CO)C3)c2)nn1. The molecule has 0 spiro atoms. The summed E-state index contributed by atoms with van der Waals surface area (Å²) in [6, 6.07) is 7.85. The Morgan fingerprint density at radius 2 is 2.19 bits per heavy atom. The predicted octanol–water partition coefficient (Wildman–Crippen LogP) is 1.49. The van der Waals surface area contributed by atoms with Gasteiger partial charge in [-0.25, -0.2) is 4.68 Å². The standard InChI is InChI=1S/C19H25N5O2/c1-22-8-3-6-18(22)17-12-24(21-20-17)16-5-2-4-15(10-16)19(26)23-9-7-14(11-23)13-25/h2,4-5,10,12,14,18,25H,3,6-9,11,13H2,1H3. The van der Waals surface area contributed by atoms with Gasteiger partial charge in [0.25, 0.3) is 5.91 Å². The number of rotatable bonds is 4. The van der Waals surface area contributed by atoms with Crippen LogP contribution in [0.3, 0.4) is 0 Å². The van der Waals surface area contributed by atoms with Crippen LogP contribution in [0.4, 0.5) is 0 Å². The molecule has 2 atom stereocenters. The van der Waals surface area contributed by atoms with E-state index in [4.69, 9.17) is 0 Å². The summed E-state index contributed by atoms with van der Waals surface area (Å²) in [4.78, 5) is 16.9. The normalized spacial score (nSPS) is 23.7. The van der Waals surface area contributed by atoms with Crippen LogP contribution in [0.15, 0.2) is 30.5 Å². The third-order valence-electron chi connectivity index (χ3n) is 5.56. The van der Waals surface area contributed by atoms with Gasteiger partial charge in [0.2, 0.25) is 0 Å². The average Bonchev–Trinajstić information content (AvgIpc) is 3.41. The van der Waals surface area contributed by atoms with E-state index in [-0.39, 0.29) is 18.4 Å². The summed E-state index contributed by atoms with van der Waals surface area (Å²) in [5, 5.41) is 17.9. The summed E-state index contributed by atoms with van der Waals surface area (Å²) in [6.45, 7) is 2.56. The van der Waals surface area contributed by atoms with Crippen LogP contribution < -0.4 is 0 Å². The molecule has 2 unspecified atom stereocenters. The van der Waals surface area contributed by atoms with Crippen molar-refractivity contribution in [3.05, 3.63) is 41.7 Å². The second kappa shape index (κ2) is 7.17. The first kappa shape index (κ1) is 17.2.